The standard InChI is InChI=1S/C15H19N3O3S3/c1-9-10(2)23-15-13(9)14(16-8-17-15)22-5-3-12(19)18-11-4-6-24(20,21)7-11/h8,11H,3-7H2,1-2H3,(H,18,19)/t11-/m1/s1. The average molecular weight is 386 g/mol. The highest BCUT2D eigenvalue weighted by Gasteiger charge is 2.28. The van der Waals surface area contributed by atoms with Gasteiger partial charge in [-0.05, 0) is 25.8 Å². The zero-order valence-electron chi connectivity index (χ0n) is 13.5. The van der Waals surface area contributed by atoms with Crippen LogP contribution in [0.4, 0.5) is 0 Å². The number of thiophene rings is 1. The van der Waals surface area contributed by atoms with E-state index >= 15 is 0 Å². The maximum Gasteiger partial charge on any atom is 0.221 e. The summed E-state index contributed by atoms with van der Waals surface area (Å²) in [4.78, 5) is 22.8. The number of hydrogen-bond acceptors (Lipinski definition) is 7. The Hall–Kier alpha value is -1.19. The van der Waals surface area contributed by atoms with Crippen molar-refractivity contribution in [3.8, 4) is 0 Å². The van der Waals surface area contributed by atoms with E-state index in [1.54, 1.807) is 17.7 Å². The second-order valence-corrected chi connectivity index (χ2v) is 10.4. The zero-order chi connectivity index (χ0) is 17.3. The number of sulfone groups is 1. The molecule has 1 N–H and O–H groups in total. The SMILES string of the molecule is Cc1sc2ncnc(SCCC(=O)N[C@@H]3CCS(=O)(=O)C3)c2c1C. The van der Waals surface area contributed by atoms with Gasteiger partial charge in [0.25, 0.3) is 0 Å². The Morgan fingerprint density at radius 1 is 1.42 bits per heavy atom. The molecule has 0 unspecified atom stereocenters. The van der Waals surface area contributed by atoms with Crippen LogP contribution in [0.2, 0.25) is 0 Å². The molecule has 0 bridgehead atoms. The molecular formula is C15H19N3O3S3. The van der Waals surface area contributed by atoms with Gasteiger partial charge in [0, 0.05) is 28.5 Å². The fourth-order valence-electron chi connectivity index (χ4n) is 2.71. The van der Waals surface area contributed by atoms with Crippen LogP contribution in [0.5, 0.6) is 0 Å². The van der Waals surface area contributed by atoms with Crippen molar-refractivity contribution in [1.82, 2.24) is 15.3 Å². The second-order valence-electron chi connectivity index (χ2n) is 5.91. The first-order valence-electron chi connectivity index (χ1n) is 7.69. The maximum atomic E-state index is 12.0. The van der Waals surface area contributed by atoms with Crippen LogP contribution in [0.3, 0.4) is 0 Å². The third kappa shape index (κ3) is 3.89. The van der Waals surface area contributed by atoms with Crippen LogP contribution in [0.25, 0.3) is 10.2 Å². The highest BCUT2D eigenvalue weighted by Crippen LogP contribution is 2.34. The van der Waals surface area contributed by atoms with E-state index in [0.29, 0.717) is 18.6 Å². The Morgan fingerprint density at radius 2 is 2.21 bits per heavy atom. The van der Waals surface area contributed by atoms with E-state index in [2.05, 4.69) is 29.1 Å². The molecule has 3 heterocycles. The first kappa shape index (κ1) is 17.6. The van der Waals surface area contributed by atoms with E-state index in [0.717, 1.165) is 15.2 Å². The molecule has 1 fully saturated rings. The first-order valence-corrected chi connectivity index (χ1v) is 11.3. The van der Waals surface area contributed by atoms with Gasteiger partial charge in [0.05, 0.1) is 11.5 Å². The molecule has 1 aliphatic heterocycles. The largest absolute Gasteiger partial charge is 0.352 e. The van der Waals surface area contributed by atoms with Crippen molar-refractivity contribution in [2.75, 3.05) is 17.3 Å². The maximum absolute atomic E-state index is 12.0. The van der Waals surface area contributed by atoms with E-state index in [4.69, 9.17) is 0 Å². The molecule has 0 saturated carbocycles. The minimum Gasteiger partial charge on any atom is -0.352 e. The van der Waals surface area contributed by atoms with Gasteiger partial charge in [-0.2, -0.15) is 0 Å². The zero-order valence-corrected chi connectivity index (χ0v) is 16.0. The summed E-state index contributed by atoms with van der Waals surface area (Å²) >= 11 is 3.19. The molecule has 9 heteroatoms. The van der Waals surface area contributed by atoms with Gasteiger partial charge in [0.1, 0.15) is 16.2 Å². The van der Waals surface area contributed by atoms with Crippen LogP contribution in [-0.4, -0.2) is 47.6 Å². The molecule has 1 amide bonds. The second kappa shape index (κ2) is 6.97. The number of nitrogens with one attached hydrogen (secondary N) is 1. The highest BCUT2D eigenvalue weighted by atomic mass is 32.2. The third-order valence-electron chi connectivity index (χ3n) is 4.10. The Kier molecular flexibility index (Phi) is 5.12. The van der Waals surface area contributed by atoms with Gasteiger partial charge in [-0.25, -0.2) is 18.4 Å². The number of amides is 1. The Labute approximate surface area is 149 Å². The lowest BCUT2D eigenvalue weighted by molar-refractivity contribution is -0.121. The van der Waals surface area contributed by atoms with Gasteiger partial charge in [-0.1, -0.05) is 0 Å². The molecular weight excluding hydrogens is 366 g/mol. The smallest absolute Gasteiger partial charge is 0.221 e. The molecule has 0 aliphatic carbocycles. The quantitative estimate of drug-likeness (QED) is 0.626. The van der Waals surface area contributed by atoms with Crippen molar-refractivity contribution in [2.24, 2.45) is 0 Å². The van der Waals surface area contributed by atoms with Gasteiger partial charge >= 0.3 is 0 Å². The summed E-state index contributed by atoms with van der Waals surface area (Å²) in [5.74, 6) is 0.730. The summed E-state index contributed by atoms with van der Waals surface area (Å²) in [6.45, 7) is 4.13. The Bertz CT molecular complexity index is 877. The van der Waals surface area contributed by atoms with Gasteiger partial charge in [0.2, 0.25) is 5.91 Å². The molecule has 24 heavy (non-hydrogen) atoms. The molecule has 130 valence electrons. The minimum atomic E-state index is -2.97. The van der Waals surface area contributed by atoms with Crippen LogP contribution in [0.15, 0.2) is 11.4 Å². The van der Waals surface area contributed by atoms with Crippen LogP contribution in [-0.2, 0) is 14.6 Å². The lowest BCUT2D eigenvalue weighted by atomic mass is 10.2. The summed E-state index contributed by atoms with van der Waals surface area (Å²) < 4.78 is 22.8. The van der Waals surface area contributed by atoms with Crippen LogP contribution in [0, 0.1) is 13.8 Å². The van der Waals surface area contributed by atoms with E-state index in [1.165, 1.54) is 22.2 Å². The van der Waals surface area contributed by atoms with Gasteiger partial charge < -0.3 is 5.32 Å². The number of rotatable bonds is 5. The van der Waals surface area contributed by atoms with E-state index < -0.39 is 9.84 Å². The number of aromatic nitrogens is 2. The number of fused-ring (bicyclic) bond motifs is 1. The van der Waals surface area contributed by atoms with Gasteiger partial charge in [-0.3, -0.25) is 4.79 Å². The Morgan fingerprint density at radius 3 is 2.92 bits per heavy atom. The minimum absolute atomic E-state index is 0.0613. The number of hydrogen-bond donors (Lipinski definition) is 1. The fraction of sp³-hybridized carbons (Fsp3) is 0.533. The Balaban J connectivity index is 1.56. The molecule has 2 aromatic rings. The average Bonchev–Trinajstić information content (AvgIpc) is 2.99. The number of thioether (sulfide) groups is 1. The van der Waals surface area contributed by atoms with Crippen molar-refractivity contribution >= 4 is 49.1 Å². The summed E-state index contributed by atoms with van der Waals surface area (Å²) in [7, 11) is -2.97. The van der Waals surface area contributed by atoms with E-state index in [9.17, 15) is 13.2 Å². The van der Waals surface area contributed by atoms with Crippen LogP contribution >= 0.6 is 23.1 Å². The summed E-state index contributed by atoms with van der Waals surface area (Å²) in [6, 6.07) is -0.236. The number of carbonyl (C=O) groups is 1. The molecule has 1 atom stereocenters. The molecule has 2 aromatic heterocycles. The van der Waals surface area contributed by atoms with Crippen LogP contribution < -0.4 is 5.32 Å². The van der Waals surface area contributed by atoms with Crippen molar-refractivity contribution in [3.05, 3.63) is 16.8 Å². The molecule has 0 radical (unpaired) electrons. The number of carbonyl (C=O) groups excluding carboxylic acids is 1. The van der Waals surface area contributed by atoms with Crippen molar-refractivity contribution < 1.29 is 13.2 Å². The fourth-order valence-corrected chi connectivity index (χ4v) is 6.44. The number of nitrogens with zero attached hydrogens (tertiary/aromatic N) is 2. The molecule has 3 rings (SSSR count). The van der Waals surface area contributed by atoms with Gasteiger partial charge in [0.15, 0.2) is 9.84 Å². The van der Waals surface area contributed by atoms with Crippen molar-refractivity contribution in [2.45, 2.75) is 37.8 Å². The summed E-state index contributed by atoms with van der Waals surface area (Å²) in [5.41, 5.74) is 1.19. The highest BCUT2D eigenvalue weighted by molar-refractivity contribution is 7.99. The number of aryl methyl sites for hydroxylation is 2. The predicted octanol–water partition coefficient (Wildman–Crippen LogP) is 2.09. The van der Waals surface area contributed by atoms with Crippen molar-refractivity contribution in [3.63, 3.8) is 0 Å². The topological polar surface area (TPSA) is 89.0 Å². The van der Waals surface area contributed by atoms with E-state index in [1.807, 2.05) is 0 Å². The summed E-state index contributed by atoms with van der Waals surface area (Å²) in [6.07, 6.45) is 2.42. The summed E-state index contributed by atoms with van der Waals surface area (Å²) in [5, 5.41) is 4.79. The molecule has 0 aromatic carbocycles. The third-order valence-corrected chi connectivity index (χ3v) is 7.97. The molecule has 1 saturated heterocycles. The predicted molar refractivity (Wildman–Crippen MR) is 97.4 cm³/mol. The first-order chi connectivity index (χ1) is 11.4. The van der Waals surface area contributed by atoms with Gasteiger partial charge in [-0.15, -0.1) is 23.1 Å². The molecule has 0 spiro atoms. The lowest BCUT2D eigenvalue weighted by Crippen LogP contribution is -2.35. The van der Waals surface area contributed by atoms with E-state index in [-0.39, 0.29) is 23.5 Å². The molecule has 1 aliphatic rings. The lowest BCUT2D eigenvalue weighted by Gasteiger charge is -2.10. The monoisotopic (exact) mass is 385 g/mol. The van der Waals surface area contributed by atoms with Crippen LogP contribution in [0.1, 0.15) is 23.3 Å². The van der Waals surface area contributed by atoms with Crippen molar-refractivity contribution in [1.29, 1.82) is 0 Å². The molecule has 6 nitrogen and oxygen atoms in total. The normalized spacial score (nSPS) is 19.7.